The van der Waals surface area contributed by atoms with Gasteiger partial charge < -0.3 is 26.2 Å². The van der Waals surface area contributed by atoms with Crippen LogP contribution in [0.5, 0.6) is 0 Å². The van der Waals surface area contributed by atoms with Crippen LogP contribution in [0.25, 0.3) is 0 Å². The molecule has 0 aromatic carbocycles. The molecule has 0 aromatic rings. The van der Waals surface area contributed by atoms with Gasteiger partial charge in [0.2, 0.25) is 11.8 Å². The highest BCUT2D eigenvalue weighted by Crippen LogP contribution is 2.05. The SMILES string of the molecule is C[C@@H](O)[C@H](NC(=O)[C@H](CS)NC(=O)[C@@H]1CCCN1)C(=O)O. The molecule has 21 heavy (non-hydrogen) atoms. The number of carboxylic acids is 1. The molecule has 0 unspecified atom stereocenters. The van der Waals surface area contributed by atoms with Gasteiger partial charge in [-0.15, -0.1) is 0 Å². The topological polar surface area (TPSA) is 128 Å². The van der Waals surface area contributed by atoms with Crippen LogP contribution in [0.4, 0.5) is 0 Å². The van der Waals surface area contributed by atoms with E-state index < -0.39 is 30.1 Å². The Hall–Kier alpha value is -1.32. The molecular weight excluding hydrogens is 298 g/mol. The molecule has 5 N–H and O–H groups in total. The second-order valence-corrected chi connectivity index (χ2v) is 5.32. The lowest BCUT2D eigenvalue weighted by Crippen LogP contribution is -2.57. The number of thiol groups is 1. The molecule has 0 aromatic heterocycles. The van der Waals surface area contributed by atoms with Crippen LogP contribution >= 0.6 is 12.6 Å². The first-order valence-electron chi connectivity index (χ1n) is 6.72. The van der Waals surface area contributed by atoms with Crippen molar-refractivity contribution >= 4 is 30.4 Å². The van der Waals surface area contributed by atoms with Crippen molar-refractivity contribution in [2.75, 3.05) is 12.3 Å². The summed E-state index contributed by atoms with van der Waals surface area (Å²) in [6.45, 7) is 2.01. The zero-order valence-corrected chi connectivity index (χ0v) is 12.6. The van der Waals surface area contributed by atoms with E-state index >= 15 is 0 Å². The van der Waals surface area contributed by atoms with Gasteiger partial charge in [-0.2, -0.15) is 12.6 Å². The van der Waals surface area contributed by atoms with Crippen molar-refractivity contribution in [1.82, 2.24) is 16.0 Å². The second kappa shape index (κ2) is 8.20. The lowest BCUT2D eigenvalue weighted by Gasteiger charge is -2.22. The number of aliphatic carboxylic acids is 1. The van der Waals surface area contributed by atoms with Gasteiger partial charge in [-0.25, -0.2) is 4.79 Å². The Morgan fingerprint density at radius 3 is 2.48 bits per heavy atom. The lowest BCUT2D eigenvalue weighted by molar-refractivity contribution is -0.145. The molecule has 2 amide bonds. The monoisotopic (exact) mass is 319 g/mol. The number of amides is 2. The molecule has 0 spiro atoms. The first kappa shape index (κ1) is 17.7. The second-order valence-electron chi connectivity index (χ2n) is 4.96. The van der Waals surface area contributed by atoms with E-state index in [0.29, 0.717) is 6.42 Å². The summed E-state index contributed by atoms with van der Waals surface area (Å²) in [7, 11) is 0. The van der Waals surface area contributed by atoms with Crippen LogP contribution in [0.2, 0.25) is 0 Å². The molecule has 0 bridgehead atoms. The van der Waals surface area contributed by atoms with E-state index in [-0.39, 0.29) is 17.7 Å². The van der Waals surface area contributed by atoms with E-state index in [1.807, 2.05) is 0 Å². The number of hydrogen-bond acceptors (Lipinski definition) is 6. The van der Waals surface area contributed by atoms with Crippen molar-refractivity contribution in [2.24, 2.45) is 0 Å². The third-order valence-electron chi connectivity index (χ3n) is 3.24. The van der Waals surface area contributed by atoms with Crippen molar-refractivity contribution in [3.8, 4) is 0 Å². The highest BCUT2D eigenvalue weighted by atomic mass is 32.1. The maximum absolute atomic E-state index is 12.0. The number of aliphatic hydroxyl groups excluding tert-OH is 1. The van der Waals surface area contributed by atoms with Gasteiger partial charge in [0.25, 0.3) is 0 Å². The molecule has 1 saturated heterocycles. The third-order valence-corrected chi connectivity index (χ3v) is 3.60. The normalized spacial score (nSPS) is 22.1. The molecular formula is C12H21N3O5S. The van der Waals surface area contributed by atoms with Crippen LogP contribution in [0.1, 0.15) is 19.8 Å². The lowest BCUT2D eigenvalue weighted by atomic mass is 10.1. The van der Waals surface area contributed by atoms with E-state index in [9.17, 15) is 19.5 Å². The molecule has 1 heterocycles. The number of carboxylic acid groups (broad SMARTS) is 1. The minimum Gasteiger partial charge on any atom is -0.480 e. The minimum absolute atomic E-state index is 0.0242. The molecule has 1 aliphatic heterocycles. The Bertz CT molecular complexity index is 398. The highest BCUT2D eigenvalue weighted by molar-refractivity contribution is 7.80. The van der Waals surface area contributed by atoms with Gasteiger partial charge in [0.1, 0.15) is 6.04 Å². The number of rotatable bonds is 7. The van der Waals surface area contributed by atoms with E-state index in [1.54, 1.807) is 0 Å². The van der Waals surface area contributed by atoms with Gasteiger partial charge in [0, 0.05) is 5.75 Å². The highest BCUT2D eigenvalue weighted by Gasteiger charge is 2.30. The van der Waals surface area contributed by atoms with Crippen molar-refractivity contribution in [1.29, 1.82) is 0 Å². The Morgan fingerprint density at radius 2 is 2.05 bits per heavy atom. The van der Waals surface area contributed by atoms with Crippen LogP contribution < -0.4 is 16.0 Å². The molecule has 120 valence electrons. The molecule has 4 atom stereocenters. The van der Waals surface area contributed by atoms with Crippen molar-refractivity contribution in [3.05, 3.63) is 0 Å². The quantitative estimate of drug-likeness (QED) is 0.304. The fourth-order valence-corrected chi connectivity index (χ4v) is 2.27. The van der Waals surface area contributed by atoms with Gasteiger partial charge in [0.15, 0.2) is 6.04 Å². The molecule has 1 rings (SSSR count). The predicted molar refractivity (Wildman–Crippen MR) is 78.1 cm³/mol. The number of aliphatic hydroxyl groups is 1. The summed E-state index contributed by atoms with van der Waals surface area (Å²) in [6, 6.07) is -2.72. The molecule has 1 fully saturated rings. The van der Waals surface area contributed by atoms with Crippen molar-refractivity contribution in [2.45, 2.75) is 44.0 Å². The standard InChI is InChI=1S/C12H21N3O5S/c1-6(16)9(12(19)20)15-11(18)8(5-21)14-10(17)7-3-2-4-13-7/h6-9,13,16,21H,2-5H2,1H3,(H,14,17)(H,15,18)(H,19,20)/t6-,7+,8+,9+/m1/s1. The number of carbonyl (C=O) groups is 3. The molecule has 8 nitrogen and oxygen atoms in total. The van der Waals surface area contributed by atoms with Crippen LogP contribution in [-0.2, 0) is 14.4 Å². The van der Waals surface area contributed by atoms with Crippen LogP contribution in [0.3, 0.4) is 0 Å². The summed E-state index contributed by atoms with van der Waals surface area (Å²) >= 11 is 3.99. The van der Waals surface area contributed by atoms with Gasteiger partial charge in [-0.05, 0) is 26.3 Å². The van der Waals surface area contributed by atoms with E-state index in [0.717, 1.165) is 13.0 Å². The van der Waals surface area contributed by atoms with Gasteiger partial charge in [-0.1, -0.05) is 0 Å². The maximum atomic E-state index is 12.0. The summed E-state index contributed by atoms with van der Waals surface area (Å²) in [4.78, 5) is 34.8. The average molecular weight is 319 g/mol. The van der Waals surface area contributed by atoms with Crippen LogP contribution in [-0.4, -0.2) is 64.5 Å². The largest absolute Gasteiger partial charge is 0.480 e. The minimum atomic E-state index is -1.43. The smallest absolute Gasteiger partial charge is 0.328 e. The maximum Gasteiger partial charge on any atom is 0.328 e. The number of nitrogens with one attached hydrogen (secondary N) is 3. The Morgan fingerprint density at radius 1 is 1.38 bits per heavy atom. The first-order valence-corrected chi connectivity index (χ1v) is 7.36. The zero-order chi connectivity index (χ0) is 16.0. The Kier molecular flexibility index (Phi) is 6.93. The molecule has 0 aliphatic carbocycles. The molecule has 1 aliphatic rings. The summed E-state index contributed by atoms with van der Waals surface area (Å²) in [6.07, 6.45) is 0.330. The first-order chi connectivity index (χ1) is 9.86. The molecule has 0 radical (unpaired) electrons. The summed E-state index contributed by atoms with van der Waals surface area (Å²) in [5.41, 5.74) is 0. The number of hydrogen-bond donors (Lipinski definition) is 6. The Balaban J connectivity index is 2.59. The van der Waals surface area contributed by atoms with Gasteiger partial charge >= 0.3 is 5.97 Å². The summed E-state index contributed by atoms with van der Waals surface area (Å²) in [5, 5.41) is 26.0. The summed E-state index contributed by atoms with van der Waals surface area (Å²) < 4.78 is 0. The third kappa shape index (κ3) is 5.18. The van der Waals surface area contributed by atoms with Crippen LogP contribution in [0, 0.1) is 0 Å². The summed E-state index contributed by atoms with van der Waals surface area (Å²) in [5.74, 6) is -2.33. The van der Waals surface area contributed by atoms with Gasteiger partial charge in [-0.3, -0.25) is 9.59 Å². The average Bonchev–Trinajstić information content (AvgIpc) is 2.94. The van der Waals surface area contributed by atoms with Crippen molar-refractivity contribution in [3.63, 3.8) is 0 Å². The number of carbonyl (C=O) groups excluding carboxylic acids is 2. The van der Waals surface area contributed by atoms with E-state index in [1.165, 1.54) is 6.92 Å². The molecule has 0 saturated carbocycles. The van der Waals surface area contributed by atoms with Crippen molar-refractivity contribution < 1.29 is 24.6 Å². The zero-order valence-electron chi connectivity index (χ0n) is 11.7. The van der Waals surface area contributed by atoms with E-state index in [4.69, 9.17) is 5.11 Å². The Labute approximate surface area is 128 Å². The fourth-order valence-electron chi connectivity index (χ4n) is 2.02. The fraction of sp³-hybridized carbons (Fsp3) is 0.750. The van der Waals surface area contributed by atoms with Crippen LogP contribution in [0.15, 0.2) is 0 Å². The van der Waals surface area contributed by atoms with Gasteiger partial charge in [0.05, 0.1) is 12.1 Å². The molecule has 9 heteroatoms. The van der Waals surface area contributed by atoms with E-state index in [2.05, 4.69) is 28.6 Å². The predicted octanol–water partition coefficient (Wildman–Crippen LogP) is -1.90.